The number of hydrogen-bond acceptors (Lipinski definition) is 9. The van der Waals surface area contributed by atoms with E-state index >= 15 is 0 Å². The van der Waals surface area contributed by atoms with Gasteiger partial charge in [0.25, 0.3) is 5.82 Å². The highest BCUT2D eigenvalue weighted by atomic mass is 16.6. The van der Waals surface area contributed by atoms with Crippen molar-refractivity contribution < 1.29 is 28.5 Å². The van der Waals surface area contributed by atoms with Gasteiger partial charge in [-0.25, -0.2) is 0 Å². The van der Waals surface area contributed by atoms with Crippen LogP contribution in [-0.2, 0) is 0 Å². The van der Waals surface area contributed by atoms with Crippen molar-refractivity contribution in [2.75, 3.05) is 27.4 Å². The zero-order valence-corrected chi connectivity index (χ0v) is 15.2. The van der Waals surface area contributed by atoms with Gasteiger partial charge in [-0.15, -0.1) is 10.2 Å². The van der Waals surface area contributed by atoms with Crippen molar-refractivity contribution in [3.05, 3.63) is 36.4 Å². The minimum absolute atomic E-state index is 0.0420. The molecule has 0 radical (unpaired) electrons. The summed E-state index contributed by atoms with van der Waals surface area (Å²) in [6.07, 6.45) is 0. The van der Waals surface area contributed by atoms with Crippen molar-refractivity contribution in [1.82, 2.24) is 4.98 Å². The topological polar surface area (TPSA) is 108 Å². The van der Waals surface area contributed by atoms with Gasteiger partial charge in [-0.3, -0.25) is 0 Å². The van der Waals surface area contributed by atoms with Crippen LogP contribution >= 0.6 is 0 Å². The predicted octanol–water partition coefficient (Wildman–Crippen LogP) is 4.25. The molecule has 0 fully saturated rings. The lowest BCUT2D eigenvalue weighted by molar-refractivity contribution is 0.171. The third-order valence-corrected chi connectivity index (χ3v) is 4.01. The predicted molar refractivity (Wildman–Crippen MR) is 98.3 cm³/mol. The zero-order chi connectivity index (χ0) is 19.5. The van der Waals surface area contributed by atoms with Gasteiger partial charge in [-0.1, -0.05) is 0 Å². The highest BCUT2D eigenvalue weighted by Crippen LogP contribution is 2.38. The number of fused-ring (bicyclic) bond motifs is 1. The number of aromatic nitrogens is 1. The van der Waals surface area contributed by atoms with Crippen LogP contribution in [0.5, 0.6) is 28.9 Å². The van der Waals surface area contributed by atoms with Gasteiger partial charge < -0.3 is 28.5 Å². The van der Waals surface area contributed by atoms with Gasteiger partial charge in [0.05, 0.1) is 19.9 Å². The maximum Gasteiger partial charge on any atom is 0.332 e. The van der Waals surface area contributed by atoms with Crippen molar-refractivity contribution in [2.45, 2.75) is 0 Å². The fourth-order valence-corrected chi connectivity index (χ4v) is 2.66. The van der Waals surface area contributed by atoms with Gasteiger partial charge in [-0.2, -0.15) is 4.98 Å². The molecule has 0 atom stereocenters. The number of ether oxygens (including phenoxy) is 4. The van der Waals surface area contributed by atoms with E-state index in [1.165, 1.54) is 7.11 Å². The maximum atomic E-state index is 10.0. The van der Waals surface area contributed by atoms with Crippen LogP contribution < -0.4 is 18.9 Å². The molecule has 1 N–H and O–H groups in total. The first-order valence-electron chi connectivity index (χ1n) is 8.41. The van der Waals surface area contributed by atoms with Crippen LogP contribution in [0.4, 0.5) is 11.5 Å². The van der Waals surface area contributed by atoms with Crippen LogP contribution in [0.25, 0.3) is 11.5 Å². The van der Waals surface area contributed by atoms with Gasteiger partial charge in [0.1, 0.15) is 13.2 Å². The second-order valence-electron chi connectivity index (χ2n) is 5.75. The molecule has 9 nitrogen and oxygen atoms in total. The largest absolute Gasteiger partial charge is 0.493 e. The molecule has 1 aliphatic rings. The van der Waals surface area contributed by atoms with Crippen LogP contribution in [0.2, 0.25) is 0 Å². The molecule has 0 amide bonds. The van der Waals surface area contributed by atoms with Gasteiger partial charge >= 0.3 is 5.95 Å². The first-order valence-corrected chi connectivity index (χ1v) is 8.41. The molecule has 2 aromatic carbocycles. The monoisotopic (exact) mass is 383 g/mol. The quantitative estimate of drug-likeness (QED) is 0.656. The lowest BCUT2D eigenvalue weighted by Gasteiger charge is -2.17. The van der Waals surface area contributed by atoms with E-state index in [-0.39, 0.29) is 11.7 Å². The number of rotatable bonds is 5. The van der Waals surface area contributed by atoms with E-state index in [1.807, 2.05) is 0 Å². The van der Waals surface area contributed by atoms with Crippen molar-refractivity contribution >= 4 is 11.5 Å². The number of oxazole rings is 1. The lowest BCUT2D eigenvalue weighted by Crippen LogP contribution is -2.14. The van der Waals surface area contributed by atoms with E-state index in [4.69, 9.17) is 23.4 Å². The second-order valence-corrected chi connectivity index (χ2v) is 5.75. The maximum absolute atomic E-state index is 10.0. The van der Waals surface area contributed by atoms with E-state index in [0.717, 1.165) is 0 Å². The summed E-state index contributed by atoms with van der Waals surface area (Å²) >= 11 is 0. The Kier molecular flexibility index (Phi) is 4.71. The second kappa shape index (κ2) is 7.47. The number of hydrogen-bond donors (Lipinski definition) is 1. The van der Waals surface area contributed by atoms with Gasteiger partial charge in [-0.05, 0) is 30.3 Å². The molecule has 4 rings (SSSR count). The SMILES string of the molecule is COc1ccc(-c2nc(N=Nc3ccc4c(c3)OCCO4)c(O)o2)cc1OC. The molecule has 0 spiro atoms. The summed E-state index contributed by atoms with van der Waals surface area (Å²) in [6, 6.07) is 10.3. The van der Waals surface area contributed by atoms with E-state index in [0.29, 0.717) is 47.5 Å². The standard InChI is InChI=1S/C19H17N3O6/c1-24-13-5-3-11(9-15(13)25-2)18-20-17(19(23)28-18)22-21-12-4-6-14-16(10-12)27-8-7-26-14/h3-6,9-10,23H,7-8H2,1-2H3. The molecule has 0 saturated heterocycles. The van der Waals surface area contributed by atoms with E-state index < -0.39 is 5.95 Å². The first-order chi connectivity index (χ1) is 13.7. The third-order valence-electron chi connectivity index (χ3n) is 4.01. The first kappa shape index (κ1) is 17.7. The van der Waals surface area contributed by atoms with E-state index in [2.05, 4.69) is 15.2 Å². The summed E-state index contributed by atoms with van der Waals surface area (Å²) in [7, 11) is 3.08. The van der Waals surface area contributed by atoms with Crippen LogP contribution in [0.1, 0.15) is 0 Å². The average Bonchev–Trinajstić information content (AvgIpc) is 3.12. The molecule has 3 aromatic rings. The van der Waals surface area contributed by atoms with Crippen molar-refractivity contribution in [1.29, 1.82) is 0 Å². The van der Waals surface area contributed by atoms with Crippen LogP contribution in [0.15, 0.2) is 51.0 Å². The third kappa shape index (κ3) is 3.41. The van der Waals surface area contributed by atoms with E-state index in [1.54, 1.807) is 43.5 Å². The molecule has 1 aromatic heterocycles. The minimum atomic E-state index is -0.439. The Morgan fingerprint density at radius 3 is 2.50 bits per heavy atom. The molecular weight excluding hydrogens is 366 g/mol. The van der Waals surface area contributed by atoms with Crippen molar-refractivity contribution in [3.63, 3.8) is 0 Å². The average molecular weight is 383 g/mol. The molecule has 0 aliphatic carbocycles. The molecular formula is C19H17N3O6. The summed E-state index contributed by atoms with van der Waals surface area (Å²) in [5, 5.41) is 18.0. The summed E-state index contributed by atoms with van der Waals surface area (Å²) < 4.78 is 26.7. The Labute approximate surface area is 160 Å². The fourth-order valence-electron chi connectivity index (χ4n) is 2.66. The lowest BCUT2D eigenvalue weighted by atomic mass is 10.2. The Hall–Kier alpha value is -3.75. The van der Waals surface area contributed by atoms with Crippen LogP contribution in [0, 0.1) is 0 Å². The smallest absolute Gasteiger partial charge is 0.332 e. The van der Waals surface area contributed by atoms with E-state index in [9.17, 15) is 5.11 Å². The van der Waals surface area contributed by atoms with Gasteiger partial charge in [0.2, 0.25) is 5.89 Å². The molecule has 2 heterocycles. The van der Waals surface area contributed by atoms with Crippen molar-refractivity contribution in [2.24, 2.45) is 10.2 Å². The normalized spacial score (nSPS) is 12.9. The number of methoxy groups -OCH3 is 2. The Bertz CT molecular complexity index is 1030. The minimum Gasteiger partial charge on any atom is -0.493 e. The molecule has 0 unspecified atom stereocenters. The van der Waals surface area contributed by atoms with Crippen LogP contribution in [-0.4, -0.2) is 37.5 Å². The number of benzene rings is 2. The molecule has 28 heavy (non-hydrogen) atoms. The molecule has 0 saturated carbocycles. The Balaban J connectivity index is 1.59. The number of aromatic hydroxyl groups is 1. The number of nitrogens with zero attached hydrogens (tertiary/aromatic N) is 3. The summed E-state index contributed by atoms with van der Waals surface area (Å²) in [5.41, 5.74) is 1.12. The zero-order valence-electron chi connectivity index (χ0n) is 15.2. The highest BCUT2D eigenvalue weighted by molar-refractivity contribution is 5.62. The van der Waals surface area contributed by atoms with Crippen molar-refractivity contribution in [3.8, 4) is 40.4 Å². The Morgan fingerprint density at radius 1 is 0.929 bits per heavy atom. The molecule has 0 bridgehead atoms. The molecule has 9 heteroatoms. The fraction of sp³-hybridized carbons (Fsp3) is 0.211. The molecule has 1 aliphatic heterocycles. The summed E-state index contributed by atoms with van der Waals surface area (Å²) in [5.74, 6) is 2.03. The summed E-state index contributed by atoms with van der Waals surface area (Å²) in [4.78, 5) is 4.18. The number of azo groups is 1. The van der Waals surface area contributed by atoms with Crippen LogP contribution in [0.3, 0.4) is 0 Å². The van der Waals surface area contributed by atoms with Gasteiger partial charge in [0, 0.05) is 11.6 Å². The summed E-state index contributed by atoms with van der Waals surface area (Å²) in [6.45, 7) is 0.992. The molecule has 144 valence electrons. The Morgan fingerprint density at radius 2 is 1.71 bits per heavy atom. The highest BCUT2D eigenvalue weighted by Gasteiger charge is 2.16. The van der Waals surface area contributed by atoms with Gasteiger partial charge in [0.15, 0.2) is 23.0 Å².